The van der Waals surface area contributed by atoms with E-state index in [0.29, 0.717) is 32.9 Å². The zero-order valence-corrected chi connectivity index (χ0v) is 14.7. The van der Waals surface area contributed by atoms with Crippen LogP contribution in [0, 0.1) is 5.82 Å². The highest BCUT2D eigenvalue weighted by atomic mass is 35.5. The van der Waals surface area contributed by atoms with Gasteiger partial charge in [0.1, 0.15) is 21.7 Å². The van der Waals surface area contributed by atoms with Gasteiger partial charge in [0.2, 0.25) is 0 Å². The van der Waals surface area contributed by atoms with Gasteiger partial charge >= 0.3 is 0 Å². The first kappa shape index (κ1) is 17.0. The molecule has 0 atom stereocenters. The largest absolute Gasteiger partial charge is 0.457 e. The SMILES string of the molecule is C=CCN1C(=O)/C(=C\c2ccc(-c3ccc(F)c(Cl)c3)o2)SC1=S. The van der Waals surface area contributed by atoms with Gasteiger partial charge in [0.15, 0.2) is 0 Å². The van der Waals surface area contributed by atoms with Gasteiger partial charge in [-0.05, 0) is 30.3 Å². The summed E-state index contributed by atoms with van der Waals surface area (Å²) in [6.07, 6.45) is 3.26. The van der Waals surface area contributed by atoms with Crippen molar-refractivity contribution >= 4 is 51.9 Å². The maximum atomic E-state index is 13.2. The molecule has 0 unspecified atom stereocenters. The molecule has 0 radical (unpaired) electrons. The van der Waals surface area contributed by atoms with E-state index in [1.807, 2.05) is 0 Å². The Kier molecular flexibility index (Phi) is 4.89. The van der Waals surface area contributed by atoms with E-state index in [0.717, 1.165) is 0 Å². The Balaban J connectivity index is 1.86. The lowest BCUT2D eigenvalue weighted by Gasteiger charge is -2.10. The first-order chi connectivity index (χ1) is 11.5. The maximum absolute atomic E-state index is 13.2. The molecular formula is C17H11ClFNO2S2. The molecule has 24 heavy (non-hydrogen) atoms. The molecule has 1 aromatic heterocycles. The molecule has 2 aromatic rings. The topological polar surface area (TPSA) is 33.5 Å². The standard InChI is InChI=1S/C17H11ClFNO2S2/c1-2-7-20-16(21)15(24-17(20)23)9-11-4-6-14(22-11)10-3-5-13(19)12(18)8-10/h2-6,8-9H,1,7H2/b15-9+. The van der Waals surface area contributed by atoms with E-state index in [1.54, 1.807) is 30.4 Å². The minimum Gasteiger partial charge on any atom is -0.457 e. The molecule has 1 aliphatic heterocycles. The number of halogens is 2. The zero-order valence-electron chi connectivity index (χ0n) is 12.3. The van der Waals surface area contributed by atoms with Crippen LogP contribution in [0.2, 0.25) is 5.02 Å². The van der Waals surface area contributed by atoms with Crippen LogP contribution in [0.4, 0.5) is 4.39 Å². The monoisotopic (exact) mass is 379 g/mol. The van der Waals surface area contributed by atoms with Crippen LogP contribution in [0.3, 0.4) is 0 Å². The van der Waals surface area contributed by atoms with Crippen LogP contribution in [-0.4, -0.2) is 21.7 Å². The molecule has 1 aromatic carbocycles. The summed E-state index contributed by atoms with van der Waals surface area (Å²) in [6.45, 7) is 3.99. The van der Waals surface area contributed by atoms with Gasteiger partial charge in [0, 0.05) is 18.2 Å². The number of nitrogens with zero attached hydrogens (tertiary/aromatic N) is 1. The third kappa shape index (κ3) is 3.31. The minimum atomic E-state index is -0.488. The number of hydrogen-bond acceptors (Lipinski definition) is 4. The van der Waals surface area contributed by atoms with E-state index in [1.165, 1.54) is 28.8 Å². The average Bonchev–Trinajstić information content (AvgIpc) is 3.11. The summed E-state index contributed by atoms with van der Waals surface area (Å²) in [4.78, 5) is 14.2. The molecule has 0 saturated carbocycles. The summed E-state index contributed by atoms with van der Waals surface area (Å²) in [5.74, 6) is 0.375. The fourth-order valence-electron chi connectivity index (χ4n) is 2.15. The van der Waals surface area contributed by atoms with Crippen LogP contribution in [0.5, 0.6) is 0 Å². The van der Waals surface area contributed by atoms with Gasteiger partial charge in [-0.1, -0.05) is 41.7 Å². The Morgan fingerprint density at radius 1 is 1.38 bits per heavy atom. The molecule has 3 rings (SSSR count). The van der Waals surface area contributed by atoms with Gasteiger partial charge in [-0.3, -0.25) is 9.69 Å². The van der Waals surface area contributed by atoms with Gasteiger partial charge in [0.25, 0.3) is 5.91 Å². The van der Waals surface area contributed by atoms with Gasteiger partial charge in [0.05, 0.1) is 9.93 Å². The van der Waals surface area contributed by atoms with Crippen molar-refractivity contribution in [3.05, 3.63) is 64.5 Å². The van der Waals surface area contributed by atoms with Crippen LogP contribution in [0.1, 0.15) is 5.76 Å². The van der Waals surface area contributed by atoms with Gasteiger partial charge < -0.3 is 4.42 Å². The lowest BCUT2D eigenvalue weighted by atomic mass is 10.2. The predicted molar refractivity (Wildman–Crippen MR) is 99.2 cm³/mol. The molecule has 1 amide bonds. The Hall–Kier alpha value is -1.89. The molecule has 0 spiro atoms. The highest BCUT2D eigenvalue weighted by molar-refractivity contribution is 8.26. The minimum absolute atomic E-state index is 0.0238. The van der Waals surface area contributed by atoms with Gasteiger partial charge in [-0.15, -0.1) is 6.58 Å². The summed E-state index contributed by atoms with van der Waals surface area (Å²) in [5.41, 5.74) is 0.653. The van der Waals surface area contributed by atoms with Crippen LogP contribution >= 0.6 is 35.6 Å². The third-order valence-corrected chi connectivity index (χ3v) is 4.96. The quantitative estimate of drug-likeness (QED) is 0.419. The van der Waals surface area contributed by atoms with Crippen LogP contribution in [0.15, 0.2) is 52.3 Å². The van der Waals surface area contributed by atoms with Crippen molar-refractivity contribution in [2.75, 3.05) is 6.54 Å². The molecule has 3 nitrogen and oxygen atoms in total. The number of benzene rings is 1. The Bertz CT molecular complexity index is 875. The van der Waals surface area contributed by atoms with E-state index in [4.69, 9.17) is 28.2 Å². The Labute approximate surface area is 152 Å². The number of rotatable bonds is 4. The normalized spacial score (nSPS) is 16.2. The first-order valence-corrected chi connectivity index (χ1v) is 8.51. The molecule has 7 heteroatoms. The lowest BCUT2D eigenvalue weighted by Crippen LogP contribution is -2.27. The second-order valence-electron chi connectivity index (χ2n) is 4.91. The number of carbonyl (C=O) groups is 1. The van der Waals surface area contributed by atoms with Crippen LogP contribution in [0.25, 0.3) is 17.4 Å². The Morgan fingerprint density at radius 2 is 2.17 bits per heavy atom. The van der Waals surface area contributed by atoms with E-state index >= 15 is 0 Å². The number of thiocarbonyl (C=S) groups is 1. The van der Waals surface area contributed by atoms with Crippen LogP contribution < -0.4 is 0 Å². The average molecular weight is 380 g/mol. The van der Waals surface area contributed by atoms with Crippen molar-refractivity contribution in [1.29, 1.82) is 0 Å². The molecule has 0 N–H and O–H groups in total. The van der Waals surface area contributed by atoms with E-state index in [2.05, 4.69) is 6.58 Å². The van der Waals surface area contributed by atoms with Crippen LogP contribution in [-0.2, 0) is 4.79 Å². The lowest BCUT2D eigenvalue weighted by molar-refractivity contribution is -0.121. The number of carbonyl (C=O) groups excluding carboxylic acids is 1. The second-order valence-corrected chi connectivity index (χ2v) is 6.99. The summed E-state index contributed by atoms with van der Waals surface area (Å²) in [6, 6.07) is 7.81. The number of amides is 1. The van der Waals surface area contributed by atoms with Crippen molar-refractivity contribution in [3.63, 3.8) is 0 Å². The van der Waals surface area contributed by atoms with Crippen molar-refractivity contribution in [1.82, 2.24) is 4.90 Å². The molecule has 1 fully saturated rings. The number of hydrogen-bond donors (Lipinski definition) is 0. The maximum Gasteiger partial charge on any atom is 0.266 e. The molecule has 0 bridgehead atoms. The van der Waals surface area contributed by atoms with E-state index < -0.39 is 5.82 Å². The van der Waals surface area contributed by atoms with Crippen molar-refractivity contribution in [2.24, 2.45) is 0 Å². The fourth-order valence-corrected chi connectivity index (χ4v) is 3.59. The fraction of sp³-hybridized carbons (Fsp3) is 0.0588. The number of furan rings is 1. The molecule has 1 aliphatic rings. The molecular weight excluding hydrogens is 369 g/mol. The molecule has 1 saturated heterocycles. The zero-order chi connectivity index (χ0) is 17.3. The van der Waals surface area contributed by atoms with Crippen molar-refractivity contribution < 1.29 is 13.6 Å². The number of thioether (sulfide) groups is 1. The van der Waals surface area contributed by atoms with Crippen molar-refractivity contribution in [2.45, 2.75) is 0 Å². The summed E-state index contributed by atoms with van der Waals surface area (Å²) < 4.78 is 19.4. The molecule has 0 aliphatic carbocycles. The highest BCUT2D eigenvalue weighted by Crippen LogP contribution is 2.33. The smallest absolute Gasteiger partial charge is 0.266 e. The van der Waals surface area contributed by atoms with Gasteiger partial charge in [-0.2, -0.15) is 0 Å². The van der Waals surface area contributed by atoms with Crippen molar-refractivity contribution in [3.8, 4) is 11.3 Å². The van der Waals surface area contributed by atoms with Gasteiger partial charge in [-0.25, -0.2) is 4.39 Å². The Morgan fingerprint density at radius 3 is 2.88 bits per heavy atom. The molecule has 122 valence electrons. The first-order valence-electron chi connectivity index (χ1n) is 6.91. The third-order valence-electron chi connectivity index (χ3n) is 3.29. The predicted octanol–water partition coefficient (Wildman–Crippen LogP) is 5.13. The second kappa shape index (κ2) is 6.93. The molecule has 2 heterocycles. The summed E-state index contributed by atoms with van der Waals surface area (Å²) in [7, 11) is 0. The van der Waals surface area contributed by atoms with E-state index in [9.17, 15) is 9.18 Å². The highest BCUT2D eigenvalue weighted by Gasteiger charge is 2.31. The summed E-state index contributed by atoms with van der Waals surface area (Å²) in [5, 5.41) is 0.0238. The summed E-state index contributed by atoms with van der Waals surface area (Å²) >= 11 is 12.2. The van der Waals surface area contributed by atoms with E-state index in [-0.39, 0.29) is 10.9 Å².